The van der Waals surface area contributed by atoms with Crippen LogP contribution >= 0.6 is 11.8 Å². The van der Waals surface area contributed by atoms with Gasteiger partial charge in [0.2, 0.25) is 5.91 Å². The molecule has 1 saturated heterocycles. The van der Waals surface area contributed by atoms with Gasteiger partial charge in [-0.3, -0.25) is 14.5 Å². The molecule has 0 aliphatic carbocycles. The fourth-order valence-corrected chi connectivity index (χ4v) is 4.40. The van der Waals surface area contributed by atoms with Gasteiger partial charge in [0.25, 0.3) is 5.91 Å². The van der Waals surface area contributed by atoms with Crippen molar-refractivity contribution < 1.29 is 14.0 Å². The largest absolute Gasteiger partial charge is 0.341 e. The normalized spacial score (nSPS) is 18.1. The summed E-state index contributed by atoms with van der Waals surface area (Å²) in [5, 5.41) is 0. The molecule has 0 radical (unpaired) electrons. The molecule has 6 heteroatoms. The van der Waals surface area contributed by atoms with Crippen LogP contribution in [0.1, 0.15) is 18.4 Å². The minimum atomic E-state index is -0.378. The van der Waals surface area contributed by atoms with Crippen LogP contribution in [0, 0.1) is 5.82 Å². The average molecular weight is 382 g/mol. The Labute approximate surface area is 161 Å². The number of benzene rings is 2. The van der Waals surface area contributed by atoms with Crippen molar-refractivity contribution in [1.82, 2.24) is 4.90 Å². The molecule has 1 fully saturated rings. The van der Waals surface area contributed by atoms with Crippen LogP contribution in [0.2, 0.25) is 0 Å². The third-order valence-electron chi connectivity index (χ3n) is 4.78. The number of fused-ring (bicyclic) bond motifs is 1. The van der Waals surface area contributed by atoms with Crippen molar-refractivity contribution in [2.45, 2.75) is 17.7 Å². The van der Waals surface area contributed by atoms with E-state index in [9.17, 15) is 14.0 Å². The lowest BCUT2D eigenvalue weighted by Crippen LogP contribution is -2.43. The SMILES string of the molecule is O=C(CN1C(=O)/C(=C/c2ccccc2F)Sc2ccccc21)N1CCCC1. The number of carbonyl (C=O) groups is 2. The van der Waals surface area contributed by atoms with Crippen molar-refractivity contribution in [1.29, 1.82) is 0 Å². The average Bonchev–Trinajstić information content (AvgIpc) is 3.21. The minimum Gasteiger partial charge on any atom is -0.341 e. The smallest absolute Gasteiger partial charge is 0.265 e. The van der Waals surface area contributed by atoms with E-state index >= 15 is 0 Å². The van der Waals surface area contributed by atoms with Gasteiger partial charge in [0.1, 0.15) is 12.4 Å². The molecule has 0 unspecified atom stereocenters. The number of thioether (sulfide) groups is 1. The summed E-state index contributed by atoms with van der Waals surface area (Å²) in [6.07, 6.45) is 3.57. The molecule has 2 aromatic rings. The van der Waals surface area contributed by atoms with Gasteiger partial charge in [0.05, 0.1) is 10.6 Å². The van der Waals surface area contributed by atoms with Gasteiger partial charge in [-0.05, 0) is 37.1 Å². The summed E-state index contributed by atoms with van der Waals surface area (Å²) in [7, 11) is 0. The fourth-order valence-electron chi connectivity index (χ4n) is 3.35. The molecule has 0 spiro atoms. The summed E-state index contributed by atoms with van der Waals surface area (Å²) < 4.78 is 14.0. The molecule has 2 heterocycles. The second-order valence-electron chi connectivity index (χ2n) is 6.58. The number of amides is 2. The number of para-hydroxylation sites is 1. The van der Waals surface area contributed by atoms with Crippen LogP contribution in [0.4, 0.5) is 10.1 Å². The summed E-state index contributed by atoms with van der Waals surface area (Å²) in [6, 6.07) is 13.9. The Kier molecular flexibility index (Phi) is 4.99. The number of carbonyl (C=O) groups excluding carboxylic acids is 2. The molecule has 0 saturated carbocycles. The van der Waals surface area contributed by atoms with Gasteiger partial charge in [-0.1, -0.05) is 42.1 Å². The van der Waals surface area contributed by atoms with Crippen molar-refractivity contribution >= 4 is 35.3 Å². The van der Waals surface area contributed by atoms with Gasteiger partial charge >= 0.3 is 0 Å². The van der Waals surface area contributed by atoms with Crippen LogP contribution in [0.25, 0.3) is 6.08 Å². The summed E-state index contributed by atoms with van der Waals surface area (Å²) >= 11 is 1.31. The molecule has 138 valence electrons. The molecule has 27 heavy (non-hydrogen) atoms. The molecule has 4 nitrogen and oxygen atoms in total. The molecule has 2 aliphatic heterocycles. The topological polar surface area (TPSA) is 40.6 Å². The van der Waals surface area contributed by atoms with Crippen LogP contribution in [-0.2, 0) is 9.59 Å². The zero-order valence-corrected chi connectivity index (χ0v) is 15.5. The van der Waals surface area contributed by atoms with E-state index in [2.05, 4.69) is 0 Å². The standard InChI is InChI=1S/C21H19FN2O2S/c22-16-8-2-1-7-15(16)13-19-21(26)24(14-20(25)23-11-5-6-12-23)17-9-3-4-10-18(17)27-19/h1-4,7-10,13H,5-6,11-12,14H2/b19-13-. The molecular weight excluding hydrogens is 363 g/mol. The number of anilines is 1. The lowest BCUT2D eigenvalue weighted by molar-refractivity contribution is -0.130. The van der Waals surface area contributed by atoms with Gasteiger partial charge in [0.15, 0.2) is 0 Å². The summed E-state index contributed by atoms with van der Waals surface area (Å²) in [4.78, 5) is 30.3. The Hall–Kier alpha value is -2.60. The number of halogens is 1. The maximum absolute atomic E-state index is 14.0. The maximum Gasteiger partial charge on any atom is 0.265 e. The number of likely N-dealkylation sites (tertiary alicyclic amines) is 1. The molecule has 0 atom stereocenters. The predicted molar refractivity (Wildman–Crippen MR) is 105 cm³/mol. The van der Waals surface area contributed by atoms with E-state index in [0.717, 1.165) is 36.5 Å². The van der Waals surface area contributed by atoms with Gasteiger partial charge in [0, 0.05) is 23.5 Å². The molecule has 2 aliphatic rings. The second kappa shape index (κ2) is 7.56. The summed E-state index contributed by atoms with van der Waals surface area (Å²) in [5.41, 5.74) is 1.09. The van der Waals surface area contributed by atoms with Gasteiger partial charge in [-0.25, -0.2) is 4.39 Å². The number of hydrogen-bond acceptors (Lipinski definition) is 3. The van der Waals surface area contributed by atoms with Crippen LogP contribution < -0.4 is 4.90 Å². The van der Waals surface area contributed by atoms with Crippen LogP contribution in [-0.4, -0.2) is 36.3 Å². The fraction of sp³-hybridized carbons (Fsp3) is 0.238. The number of hydrogen-bond donors (Lipinski definition) is 0. The lowest BCUT2D eigenvalue weighted by atomic mass is 10.2. The Balaban J connectivity index is 1.68. The predicted octanol–water partition coefficient (Wildman–Crippen LogP) is 3.93. The first-order valence-electron chi connectivity index (χ1n) is 8.96. The molecule has 0 N–H and O–H groups in total. The number of nitrogens with zero attached hydrogens (tertiary/aromatic N) is 2. The maximum atomic E-state index is 14.0. The van der Waals surface area contributed by atoms with Crippen LogP contribution in [0.15, 0.2) is 58.3 Å². The molecule has 0 bridgehead atoms. The highest BCUT2D eigenvalue weighted by molar-refractivity contribution is 8.04. The third-order valence-corrected chi connectivity index (χ3v) is 5.85. The summed E-state index contributed by atoms with van der Waals surface area (Å²) in [6.45, 7) is 1.50. The zero-order chi connectivity index (χ0) is 18.8. The van der Waals surface area contributed by atoms with Crippen molar-refractivity contribution in [3.05, 3.63) is 64.8 Å². The van der Waals surface area contributed by atoms with E-state index in [-0.39, 0.29) is 24.2 Å². The van der Waals surface area contributed by atoms with Crippen molar-refractivity contribution in [3.63, 3.8) is 0 Å². The second-order valence-corrected chi connectivity index (χ2v) is 7.66. The van der Waals surface area contributed by atoms with Crippen molar-refractivity contribution in [2.24, 2.45) is 0 Å². The van der Waals surface area contributed by atoms with Gasteiger partial charge in [-0.2, -0.15) is 0 Å². The van der Waals surface area contributed by atoms with E-state index in [1.54, 1.807) is 29.2 Å². The quantitative estimate of drug-likeness (QED) is 0.756. The van der Waals surface area contributed by atoms with Crippen molar-refractivity contribution in [2.75, 3.05) is 24.5 Å². The Morgan fingerprint density at radius 3 is 2.56 bits per heavy atom. The first kappa shape index (κ1) is 17.8. The summed E-state index contributed by atoms with van der Waals surface area (Å²) in [5.74, 6) is -0.695. The van der Waals surface area contributed by atoms with Gasteiger partial charge in [-0.15, -0.1) is 0 Å². The van der Waals surface area contributed by atoms with E-state index in [1.165, 1.54) is 22.7 Å². The first-order valence-corrected chi connectivity index (χ1v) is 9.78. The zero-order valence-electron chi connectivity index (χ0n) is 14.7. The van der Waals surface area contributed by atoms with Crippen LogP contribution in [0.5, 0.6) is 0 Å². The van der Waals surface area contributed by atoms with E-state index in [4.69, 9.17) is 0 Å². The molecule has 2 amide bonds. The Bertz CT molecular complexity index is 922. The Morgan fingerprint density at radius 2 is 1.78 bits per heavy atom. The minimum absolute atomic E-state index is 0.00498. The van der Waals surface area contributed by atoms with Crippen molar-refractivity contribution in [3.8, 4) is 0 Å². The first-order chi connectivity index (χ1) is 13.1. The molecule has 0 aromatic heterocycles. The third kappa shape index (κ3) is 3.62. The van der Waals surface area contributed by atoms with E-state index in [0.29, 0.717) is 10.5 Å². The molecule has 2 aromatic carbocycles. The highest BCUT2D eigenvalue weighted by Gasteiger charge is 2.32. The van der Waals surface area contributed by atoms with E-state index < -0.39 is 0 Å². The highest BCUT2D eigenvalue weighted by atomic mass is 32.2. The monoisotopic (exact) mass is 382 g/mol. The Morgan fingerprint density at radius 1 is 1.07 bits per heavy atom. The van der Waals surface area contributed by atoms with E-state index in [1.807, 2.05) is 24.3 Å². The molecular formula is C21H19FN2O2S. The highest BCUT2D eigenvalue weighted by Crippen LogP contribution is 2.42. The lowest BCUT2D eigenvalue weighted by Gasteiger charge is -2.31. The van der Waals surface area contributed by atoms with Crippen LogP contribution in [0.3, 0.4) is 0 Å². The number of rotatable bonds is 3. The molecule has 4 rings (SSSR count). The van der Waals surface area contributed by atoms with Gasteiger partial charge < -0.3 is 4.90 Å².